The smallest absolute Gasteiger partial charge is 0.331 e. The van der Waals surface area contributed by atoms with Gasteiger partial charge in [-0.2, -0.15) is 0 Å². The molecule has 0 unspecified atom stereocenters. The maximum Gasteiger partial charge on any atom is 0.331 e. The number of carbonyl (C=O) groups is 2. The van der Waals surface area contributed by atoms with Gasteiger partial charge < -0.3 is 25.4 Å². The molecular formula is C29H39N3O4. The number of para-hydroxylation sites is 1. The molecule has 0 saturated heterocycles. The first-order valence-corrected chi connectivity index (χ1v) is 12.9. The number of rotatable bonds is 12. The Morgan fingerprint density at radius 2 is 1.67 bits per heavy atom. The van der Waals surface area contributed by atoms with E-state index in [0.29, 0.717) is 18.5 Å². The van der Waals surface area contributed by atoms with Crippen LogP contribution in [0.4, 0.5) is 11.4 Å². The molecule has 7 heteroatoms. The van der Waals surface area contributed by atoms with E-state index in [4.69, 9.17) is 4.74 Å². The van der Waals surface area contributed by atoms with Gasteiger partial charge in [-0.3, -0.25) is 4.79 Å². The minimum absolute atomic E-state index is 0.00465. The molecule has 0 radical (unpaired) electrons. The number of carboxylic acids is 1. The fourth-order valence-corrected chi connectivity index (χ4v) is 4.73. The maximum atomic E-state index is 12.0. The van der Waals surface area contributed by atoms with Gasteiger partial charge >= 0.3 is 5.97 Å². The highest BCUT2D eigenvalue weighted by Crippen LogP contribution is 2.27. The third kappa shape index (κ3) is 7.18. The molecule has 194 valence electrons. The second-order valence-corrected chi connectivity index (χ2v) is 9.20. The Balaban J connectivity index is 1.76. The van der Waals surface area contributed by atoms with Gasteiger partial charge in [-0.15, -0.1) is 0 Å². The van der Waals surface area contributed by atoms with Crippen molar-refractivity contribution in [1.29, 1.82) is 0 Å². The van der Waals surface area contributed by atoms with Crippen molar-refractivity contribution in [3.05, 3.63) is 71.8 Å². The molecule has 1 aliphatic carbocycles. The molecule has 36 heavy (non-hydrogen) atoms. The molecule has 3 rings (SSSR count). The lowest BCUT2D eigenvalue weighted by atomic mass is 9.87. The predicted octanol–water partition coefficient (Wildman–Crippen LogP) is 4.80. The van der Waals surface area contributed by atoms with Crippen molar-refractivity contribution in [2.24, 2.45) is 0 Å². The van der Waals surface area contributed by atoms with Gasteiger partial charge in [0.2, 0.25) is 5.91 Å². The number of hydrogen-bond acceptors (Lipinski definition) is 5. The summed E-state index contributed by atoms with van der Waals surface area (Å²) in [4.78, 5) is 26.1. The first-order valence-electron chi connectivity index (χ1n) is 12.9. The van der Waals surface area contributed by atoms with E-state index < -0.39 is 12.1 Å². The Kier molecular flexibility index (Phi) is 10.1. The zero-order valence-corrected chi connectivity index (χ0v) is 21.7. The summed E-state index contributed by atoms with van der Waals surface area (Å²) in [6.45, 7) is 9.09. The fourth-order valence-electron chi connectivity index (χ4n) is 4.73. The molecule has 0 aromatic heterocycles. The van der Waals surface area contributed by atoms with Gasteiger partial charge in [0.15, 0.2) is 0 Å². The summed E-state index contributed by atoms with van der Waals surface area (Å²) in [5.41, 5.74) is 3.63. The van der Waals surface area contributed by atoms with Crippen molar-refractivity contribution in [3.63, 3.8) is 0 Å². The van der Waals surface area contributed by atoms with Gasteiger partial charge in [0, 0.05) is 43.0 Å². The number of amides is 1. The number of nitrogens with zero attached hydrogens (tertiary/aromatic N) is 1. The molecule has 0 saturated carbocycles. The van der Waals surface area contributed by atoms with Gasteiger partial charge in [0.05, 0.1) is 18.2 Å². The highest BCUT2D eigenvalue weighted by molar-refractivity contribution is 5.87. The van der Waals surface area contributed by atoms with Crippen LogP contribution in [-0.2, 0) is 20.9 Å². The Hall–Kier alpha value is -3.16. The van der Waals surface area contributed by atoms with Gasteiger partial charge in [0.1, 0.15) is 0 Å². The van der Waals surface area contributed by atoms with Crippen LogP contribution in [0.2, 0.25) is 0 Å². The topological polar surface area (TPSA) is 90.9 Å². The van der Waals surface area contributed by atoms with Crippen LogP contribution < -0.4 is 15.5 Å². The second kappa shape index (κ2) is 13.2. The Morgan fingerprint density at radius 3 is 2.22 bits per heavy atom. The highest BCUT2D eigenvalue weighted by atomic mass is 16.5. The summed E-state index contributed by atoms with van der Waals surface area (Å²) in [5, 5.41) is 16.2. The fraction of sp³-hybridized carbons (Fsp3) is 0.448. The number of anilines is 2. The summed E-state index contributed by atoms with van der Waals surface area (Å²) in [6, 6.07) is 18.0. The molecule has 0 fully saturated rings. The van der Waals surface area contributed by atoms with Gasteiger partial charge in [-0.25, -0.2) is 4.79 Å². The molecule has 0 spiro atoms. The predicted molar refractivity (Wildman–Crippen MR) is 143 cm³/mol. The standard InChI is InChI=1S/C29H39N3O4/c1-5-25(6-2)36-27-18-22(29(34)35)17-26(28(27)31-20(4)33)30-19-21-13-15-24(16-14-21)32(7-3)23-11-9-8-10-12-23/h8-16,18,25-28,30H,5-7,17,19H2,1-4H3,(H,31,33)(H,34,35)/t26-,27+,28+/m0/s1. The minimum Gasteiger partial charge on any atom is -0.478 e. The van der Waals surface area contributed by atoms with Crippen molar-refractivity contribution in [1.82, 2.24) is 10.6 Å². The van der Waals surface area contributed by atoms with Crippen LogP contribution in [0, 0.1) is 0 Å². The van der Waals surface area contributed by atoms with Crippen molar-refractivity contribution >= 4 is 23.3 Å². The van der Waals surface area contributed by atoms with Crippen molar-refractivity contribution in [2.75, 3.05) is 11.4 Å². The number of aliphatic carboxylic acids is 1. The zero-order chi connectivity index (χ0) is 26.1. The molecule has 2 aromatic carbocycles. The van der Waals surface area contributed by atoms with E-state index in [-0.39, 0.29) is 24.1 Å². The van der Waals surface area contributed by atoms with E-state index in [2.05, 4.69) is 58.9 Å². The van der Waals surface area contributed by atoms with Crippen LogP contribution in [0.1, 0.15) is 52.5 Å². The van der Waals surface area contributed by atoms with Crippen LogP contribution in [0.5, 0.6) is 0 Å². The summed E-state index contributed by atoms with van der Waals surface area (Å²) in [7, 11) is 0. The number of carboxylic acid groups (broad SMARTS) is 1. The first-order chi connectivity index (χ1) is 17.4. The van der Waals surface area contributed by atoms with Crippen LogP contribution in [0.15, 0.2) is 66.2 Å². The van der Waals surface area contributed by atoms with Crippen molar-refractivity contribution < 1.29 is 19.4 Å². The van der Waals surface area contributed by atoms with Crippen LogP contribution in [-0.4, -0.2) is 47.8 Å². The summed E-state index contributed by atoms with van der Waals surface area (Å²) < 4.78 is 6.26. The Morgan fingerprint density at radius 1 is 1.03 bits per heavy atom. The number of nitrogens with one attached hydrogen (secondary N) is 2. The van der Waals surface area contributed by atoms with E-state index in [9.17, 15) is 14.7 Å². The molecule has 0 heterocycles. The molecular weight excluding hydrogens is 454 g/mol. The molecule has 3 atom stereocenters. The largest absolute Gasteiger partial charge is 0.478 e. The Bertz CT molecular complexity index is 1020. The number of hydrogen-bond donors (Lipinski definition) is 3. The summed E-state index contributed by atoms with van der Waals surface area (Å²) in [5.74, 6) is -1.12. The van der Waals surface area contributed by atoms with Gasteiger partial charge in [-0.05, 0) is 62.1 Å². The third-order valence-corrected chi connectivity index (χ3v) is 6.70. The lowest BCUT2D eigenvalue weighted by molar-refractivity contribution is -0.133. The molecule has 0 aliphatic heterocycles. The molecule has 3 N–H and O–H groups in total. The average Bonchev–Trinajstić information content (AvgIpc) is 2.88. The van der Waals surface area contributed by atoms with Crippen LogP contribution >= 0.6 is 0 Å². The van der Waals surface area contributed by atoms with E-state index >= 15 is 0 Å². The number of ether oxygens (including phenoxy) is 1. The molecule has 2 aromatic rings. The van der Waals surface area contributed by atoms with E-state index in [0.717, 1.165) is 36.3 Å². The monoisotopic (exact) mass is 493 g/mol. The van der Waals surface area contributed by atoms with Gasteiger partial charge in [-0.1, -0.05) is 44.2 Å². The van der Waals surface area contributed by atoms with Crippen molar-refractivity contribution in [2.45, 2.75) is 77.8 Å². The summed E-state index contributed by atoms with van der Waals surface area (Å²) in [6.07, 6.45) is 3.09. The third-order valence-electron chi connectivity index (χ3n) is 6.70. The quantitative estimate of drug-likeness (QED) is 0.394. The molecule has 1 aliphatic rings. The maximum absolute atomic E-state index is 12.0. The highest BCUT2D eigenvalue weighted by Gasteiger charge is 2.37. The molecule has 7 nitrogen and oxygen atoms in total. The first kappa shape index (κ1) is 27.4. The number of carbonyl (C=O) groups excluding carboxylic acids is 1. The van der Waals surface area contributed by atoms with Crippen LogP contribution in [0.3, 0.4) is 0 Å². The molecule has 1 amide bonds. The molecule has 0 bridgehead atoms. The van der Waals surface area contributed by atoms with E-state index in [1.54, 1.807) is 6.08 Å². The summed E-state index contributed by atoms with van der Waals surface area (Å²) >= 11 is 0. The second-order valence-electron chi connectivity index (χ2n) is 9.20. The average molecular weight is 494 g/mol. The normalized spacial score (nSPS) is 19.6. The van der Waals surface area contributed by atoms with Crippen LogP contribution in [0.25, 0.3) is 0 Å². The lowest BCUT2D eigenvalue weighted by Crippen LogP contribution is -2.58. The lowest BCUT2D eigenvalue weighted by Gasteiger charge is -2.38. The number of benzene rings is 2. The van der Waals surface area contributed by atoms with E-state index in [1.807, 2.05) is 32.0 Å². The van der Waals surface area contributed by atoms with Crippen molar-refractivity contribution in [3.8, 4) is 0 Å². The Labute approximate surface area is 214 Å². The minimum atomic E-state index is -0.953. The SMILES string of the molecule is CCC(CC)O[C@@H]1C=C(C(=O)O)C[C@H](NCc2ccc(N(CC)c3ccccc3)cc2)[C@H]1NC(C)=O. The van der Waals surface area contributed by atoms with Gasteiger partial charge in [0.25, 0.3) is 0 Å². The van der Waals surface area contributed by atoms with E-state index in [1.165, 1.54) is 6.92 Å². The zero-order valence-electron chi connectivity index (χ0n) is 21.7.